The van der Waals surface area contributed by atoms with E-state index in [-0.39, 0.29) is 12.5 Å². The molecule has 6 nitrogen and oxygen atoms in total. The fourth-order valence-corrected chi connectivity index (χ4v) is 1.96. The average Bonchev–Trinajstić information content (AvgIpc) is 2.81. The van der Waals surface area contributed by atoms with Gasteiger partial charge in [-0.3, -0.25) is 9.48 Å². The number of carbonyl (C=O) groups excluding carboxylic acids is 1. The van der Waals surface area contributed by atoms with Crippen LogP contribution in [0.25, 0.3) is 0 Å². The Hall–Kier alpha value is -2.50. The van der Waals surface area contributed by atoms with Gasteiger partial charge in [-0.2, -0.15) is 5.10 Å². The molecule has 2 N–H and O–H groups in total. The van der Waals surface area contributed by atoms with E-state index >= 15 is 0 Å². The molecule has 3 rings (SSSR count). The van der Waals surface area contributed by atoms with E-state index in [1.807, 2.05) is 36.0 Å². The van der Waals surface area contributed by atoms with E-state index in [2.05, 4.69) is 15.7 Å². The minimum absolute atomic E-state index is 0.0782. The van der Waals surface area contributed by atoms with Crippen LogP contribution in [0.2, 0.25) is 0 Å². The van der Waals surface area contributed by atoms with Crippen molar-refractivity contribution in [2.75, 3.05) is 17.2 Å². The predicted molar refractivity (Wildman–Crippen MR) is 71.1 cm³/mol. The van der Waals surface area contributed by atoms with Crippen LogP contribution in [0.1, 0.15) is 5.69 Å². The van der Waals surface area contributed by atoms with Crippen molar-refractivity contribution in [3.8, 4) is 5.75 Å². The van der Waals surface area contributed by atoms with Crippen molar-refractivity contribution in [1.29, 1.82) is 0 Å². The van der Waals surface area contributed by atoms with E-state index in [1.54, 1.807) is 6.20 Å². The Morgan fingerprint density at radius 3 is 3.16 bits per heavy atom. The summed E-state index contributed by atoms with van der Waals surface area (Å²) in [6.45, 7) is 0.749. The number of carbonyl (C=O) groups is 1. The molecule has 0 saturated heterocycles. The van der Waals surface area contributed by atoms with Crippen molar-refractivity contribution in [3.05, 3.63) is 36.2 Å². The normalized spacial score (nSPS) is 13.4. The van der Waals surface area contributed by atoms with Gasteiger partial charge in [0.15, 0.2) is 6.61 Å². The smallest absolute Gasteiger partial charge is 0.262 e. The summed E-state index contributed by atoms with van der Waals surface area (Å²) in [7, 11) is 1.90. The third-order valence-electron chi connectivity index (χ3n) is 3.01. The molecule has 0 fully saturated rings. The molecule has 1 aromatic carbocycles. The number of hydrogen-bond donors (Lipinski definition) is 2. The lowest BCUT2D eigenvalue weighted by Crippen LogP contribution is -2.25. The first-order valence-corrected chi connectivity index (χ1v) is 6.00. The summed E-state index contributed by atoms with van der Waals surface area (Å²) in [5.74, 6) is 0.571. The largest absolute Gasteiger partial charge is 0.482 e. The molecule has 0 spiro atoms. The zero-order chi connectivity index (χ0) is 13.2. The van der Waals surface area contributed by atoms with Gasteiger partial charge in [-0.05, 0) is 24.3 Å². The van der Waals surface area contributed by atoms with Crippen LogP contribution in [0.3, 0.4) is 0 Å². The van der Waals surface area contributed by atoms with Crippen molar-refractivity contribution >= 4 is 17.3 Å². The van der Waals surface area contributed by atoms with E-state index in [1.165, 1.54) is 0 Å². The first-order chi connectivity index (χ1) is 9.22. The van der Waals surface area contributed by atoms with Gasteiger partial charge in [-0.25, -0.2) is 0 Å². The lowest BCUT2D eigenvalue weighted by atomic mass is 10.2. The molecule has 0 radical (unpaired) electrons. The number of amides is 1. The Morgan fingerprint density at radius 2 is 2.37 bits per heavy atom. The number of aryl methyl sites for hydroxylation is 1. The van der Waals surface area contributed by atoms with Gasteiger partial charge in [0.2, 0.25) is 0 Å². The van der Waals surface area contributed by atoms with Crippen LogP contribution in [-0.2, 0) is 18.4 Å². The molecule has 0 aliphatic carbocycles. The van der Waals surface area contributed by atoms with Crippen LogP contribution in [0.15, 0.2) is 30.5 Å². The van der Waals surface area contributed by atoms with Gasteiger partial charge >= 0.3 is 0 Å². The molecule has 1 amide bonds. The van der Waals surface area contributed by atoms with E-state index in [9.17, 15) is 4.79 Å². The predicted octanol–water partition coefficient (Wildman–Crippen LogP) is 1.36. The van der Waals surface area contributed by atoms with Crippen LogP contribution in [0, 0.1) is 0 Å². The van der Waals surface area contributed by atoms with Crippen molar-refractivity contribution in [3.63, 3.8) is 0 Å². The molecular formula is C13H14N4O2. The quantitative estimate of drug-likeness (QED) is 0.872. The molecule has 0 bridgehead atoms. The number of benzene rings is 1. The van der Waals surface area contributed by atoms with Gasteiger partial charge in [0.1, 0.15) is 5.75 Å². The number of hydrogen-bond acceptors (Lipinski definition) is 4. The summed E-state index contributed by atoms with van der Waals surface area (Å²) in [6.07, 6.45) is 1.76. The molecule has 0 saturated carbocycles. The van der Waals surface area contributed by atoms with Gasteiger partial charge in [0.25, 0.3) is 5.91 Å². The van der Waals surface area contributed by atoms with Crippen molar-refractivity contribution in [2.24, 2.45) is 7.05 Å². The highest BCUT2D eigenvalue weighted by atomic mass is 16.5. The molecule has 0 unspecified atom stereocenters. The minimum Gasteiger partial charge on any atom is -0.482 e. The van der Waals surface area contributed by atoms with Crippen LogP contribution >= 0.6 is 0 Å². The summed E-state index contributed by atoms with van der Waals surface area (Å²) in [5, 5.41) is 10.2. The second kappa shape index (κ2) is 4.64. The first kappa shape index (κ1) is 11.6. The third-order valence-corrected chi connectivity index (χ3v) is 3.01. The number of nitrogens with zero attached hydrogens (tertiary/aromatic N) is 2. The maximum Gasteiger partial charge on any atom is 0.262 e. The summed E-state index contributed by atoms with van der Waals surface area (Å²) in [4.78, 5) is 11.3. The number of fused-ring (bicyclic) bond motifs is 1. The number of aromatic nitrogens is 2. The van der Waals surface area contributed by atoms with Crippen LogP contribution < -0.4 is 15.4 Å². The van der Waals surface area contributed by atoms with Gasteiger partial charge in [-0.15, -0.1) is 0 Å². The molecular weight excluding hydrogens is 244 g/mol. The number of ether oxygens (including phenoxy) is 1. The highest BCUT2D eigenvalue weighted by Crippen LogP contribution is 2.30. The number of nitrogens with one attached hydrogen (secondary N) is 2. The molecule has 6 heteroatoms. The van der Waals surface area contributed by atoms with Gasteiger partial charge < -0.3 is 15.4 Å². The Labute approximate surface area is 110 Å². The zero-order valence-corrected chi connectivity index (χ0v) is 10.5. The summed E-state index contributed by atoms with van der Waals surface area (Å²) in [5.41, 5.74) is 2.70. The van der Waals surface area contributed by atoms with E-state index in [0.717, 1.165) is 11.4 Å². The average molecular weight is 258 g/mol. The lowest BCUT2D eigenvalue weighted by Gasteiger charge is -2.18. The van der Waals surface area contributed by atoms with Gasteiger partial charge in [0, 0.05) is 18.9 Å². The second-order valence-electron chi connectivity index (χ2n) is 4.35. The molecule has 2 aromatic rings. The Kier molecular flexibility index (Phi) is 2.83. The fourth-order valence-electron chi connectivity index (χ4n) is 1.96. The van der Waals surface area contributed by atoms with Crippen LogP contribution in [-0.4, -0.2) is 22.3 Å². The monoisotopic (exact) mass is 258 g/mol. The third kappa shape index (κ3) is 2.37. The summed E-state index contributed by atoms with van der Waals surface area (Å²) in [6, 6.07) is 7.59. The second-order valence-corrected chi connectivity index (χ2v) is 4.35. The molecule has 2 heterocycles. The molecule has 0 atom stereocenters. The molecule has 1 aliphatic heterocycles. The first-order valence-electron chi connectivity index (χ1n) is 6.00. The maximum absolute atomic E-state index is 11.3. The zero-order valence-electron chi connectivity index (χ0n) is 10.5. The summed E-state index contributed by atoms with van der Waals surface area (Å²) < 4.78 is 7.12. The van der Waals surface area contributed by atoms with Gasteiger partial charge in [-0.1, -0.05) is 0 Å². The highest BCUT2D eigenvalue weighted by molar-refractivity contribution is 5.95. The van der Waals surface area contributed by atoms with Crippen molar-refractivity contribution in [2.45, 2.75) is 6.54 Å². The Balaban J connectivity index is 1.74. The topological polar surface area (TPSA) is 68.2 Å². The van der Waals surface area contributed by atoms with Crippen LogP contribution in [0.5, 0.6) is 5.75 Å². The van der Waals surface area contributed by atoms with Crippen LogP contribution in [0.4, 0.5) is 11.4 Å². The van der Waals surface area contributed by atoms with E-state index < -0.39 is 0 Å². The Morgan fingerprint density at radius 1 is 1.47 bits per heavy atom. The SMILES string of the molecule is Cn1nccc1CNc1ccc2c(c1)NC(=O)CO2. The summed E-state index contributed by atoms with van der Waals surface area (Å²) >= 11 is 0. The van der Waals surface area contributed by atoms with Crippen molar-refractivity contribution in [1.82, 2.24) is 9.78 Å². The maximum atomic E-state index is 11.3. The molecule has 1 aliphatic rings. The highest BCUT2D eigenvalue weighted by Gasteiger charge is 2.15. The minimum atomic E-state index is -0.128. The number of anilines is 2. The van der Waals surface area contributed by atoms with E-state index in [0.29, 0.717) is 18.0 Å². The molecule has 1 aromatic heterocycles. The molecule has 98 valence electrons. The fraction of sp³-hybridized carbons (Fsp3) is 0.231. The molecule has 19 heavy (non-hydrogen) atoms. The standard InChI is InChI=1S/C13H14N4O2/c1-17-10(4-5-15-17)7-14-9-2-3-12-11(6-9)16-13(18)8-19-12/h2-6,14H,7-8H2,1H3,(H,16,18). The van der Waals surface area contributed by atoms with Crippen molar-refractivity contribution < 1.29 is 9.53 Å². The number of rotatable bonds is 3. The van der Waals surface area contributed by atoms with E-state index in [4.69, 9.17) is 4.74 Å². The Bertz CT molecular complexity index is 621. The van der Waals surface area contributed by atoms with Gasteiger partial charge in [0.05, 0.1) is 17.9 Å². The lowest BCUT2D eigenvalue weighted by molar-refractivity contribution is -0.118.